The SMILES string of the molecule is Cc1c(Cl)cccc1CS(=O)(=O)NCC(=O)NC(C)C. The molecular formula is C13H19ClN2O3S. The summed E-state index contributed by atoms with van der Waals surface area (Å²) in [5.74, 6) is -0.555. The van der Waals surface area contributed by atoms with E-state index in [1.807, 2.05) is 13.8 Å². The second-order valence-corrected chi connectivity index (χ2v) is 7.04. The monoisotopic (exact) mass is 318 g/mol. The van der Waals surface area contributed by atoms with Crippen molar-refractivity contribution in [3.8, 4) is 0 Å². The van der Waals surface area contributed by atoms with Crippen LogP contribution in [0.2, 0.25) is 5.02 Å². The molecule has 1 aromatic carbocycles. The number of hydrogen-bond donors (Lipinski definition) is 2. The van der Waals surface area contributed by atoms with Crippen LogP contribution in [0.4, 0.5) is 0 Å². The first-order valence-electron chi connectivity index (χ1n) is 6.22. The Bertz CT molecular complexity index is 585. The molecule has 20 heavy (non-hydrogen) atoms. The van der Waals surface area contributed by atoms with Gasteiger partial charge in [0.05, 0.1) is 12.3 Å². The summed E-state index contributed by atoms with van der Waals surface area (Å²) in [6.45, 7) is 5.11. The molecule has 0 atom stereocenters. The van der Waals surface area contributed by atoms with E-state index < -0.39 is 10.0 Å². The number of carbonyl (C=O) groups excluding carboxylic acids is 1. The molecule has 0 saturated heterocycles. The van der Waals surface area contributed by atoms with Crippen LogP contribution in [0.25, 0.3) is 0 Å². The maximum atomic E-state index is 11.9. The summed E-state index contributed by atoms with van der Waals surface area (Å²) >= 11 is 5.95. The van der Waals surface area contributed by atoms with Crippen molar-refractivity contribution in [3.63, 3.8) is 0 Å². The third-order valence-corrected chi connectivity index (χ3v) is 4.31. The molecule has 0 aliphatic rings. The quantitative estimate of drug-likeness (QED) is 0.836. The molecule has 112 valence electrons. The maximum absolute atomic E-state index is 11.9. The van der Waals surface area contributed by atoms with E-state index in [9.17, 15) is 13.2 Å². The standard InChI is InChI=1S/C13H19ClN2O3S/c1-9(2)16-13(17)7-15-20(18,19)8-11-5-4-6-12(14)10(11)3/h4-6,9,15H,7-8H2,1-3H3,(H,16,17). The fourth-order valence-electron chi connectivity index (χ4n) is 1.61. The summed E-state index contributed by atoms with van der Waals surface area (Å²) < 4.78 is 26.1. The van der Waals surface area contributed by atoms with Crippen LogP contribution in [0.1, 0.15) is 25.0 Å². The van der Waals surface area contributed by atoms with Gasteiger partial charge >= 0.3 is 0 Å². The molecule has 0 spiro atoms. The molecule has 0 unspecified atom stereocenters. The van der Waals surface area contributed by atoms with Crippen molar-refractivity contribution < 1.29 is 13.2 Å². The summed E-state index contributed by atoms with van der Waals surface area (Å²) in [6.07, 6.45) is 0. The van der Waals surface area contributed by atoms with Gasteiger partial charge in [0.15, 0.2) is 0 Å². The molecule has 0 fully saturated rings. The maximum Gasteiger partial charge on any atom is 0.235 e. The first-order chi connectivity index (χ1) is 9.21. The van der Waals surface area contributed by atoms with Gasteiger partial charge in [-0.1, -0.05) is 23.7 Å². The molecule has 0 bridgehead atoms. The minimum absolute atomic E-state index is 0.0258. The van der Waals surface area contributed by atoms with E-state index in [0.717, 1.165) is 5.56 Å². The van der Waals surface area contributed by atoms with E-state index in [4.69, 9.17) is 11.6 Å². The number of benzene rings is 1. The predicted molar refractivity (Wildman–Crippen MR) is 80.1 cm³/mol. The van der Waals surface area contributed by atoms with Gasteiger partial charge in [-0.05, 0) is 38.0 Å². The highest BCUT2D eigenvalue weighted by Crippen LogP contribution is 2.20. The zero-order valence-electron chi connectivity index (χ0n) is 11.7. The van der Waals surface area contributed by atoms with E-state index >= 15 is 0 Å². The first-order valence-corrected chi connectivity index (χ1v) is 8.25. The van der Waals surface area contributed by atoms with Gasteiger partial charge in [-0.15, -0.1) is 0 Å². The van der Waals surface area contributed by atoms with Crippen molar-refractivity contribution in [2.75, 3.05) is 6.54 Å². The largest absolute Gasteiger partial charge is 0.353 e. The topological polar surface area (TPSA) is 75.3 Å². The Kier molecular flexibility index (Phi) is 5.98. The van der Waals surface area contributed by atoms with E-state index in [0.29, 0.717) is 10.6 Å². The minimum atomic E-state index is -3.57. The Hall–Kier alpha value is -1.11. The second kappa shape index (κ2) is 7.06. The van der Waals surface area contributed by atoms with Crippen molar-refractivity contribution in [2.45, 2.75) is 32.6 Å². The third kappa shape index (κ3) is 5.48. The van der Waals surface area contributed by atoms with Crippen molar-refractivity contribution in [1.82, 2.24) is 10.0 Å². The normalized spacial score (nSPS) is 11.7. The average Bonchev–Trinajstić information content (AvgIpc) is 2.32. The van der Waals surface area contributed by atoms with Crippen molar-refractivity contribution >= 4 is 27.5 Å². The molecule has 0 aliphatic heterocycles. The minimum Gasteiger partial charge on any atom is -0.353 e. The lowest BCUT2D eigenvalue weighted by Gasteiger charge is -2.11. The van der Waals surface area contributed by atoms with Crippen LogP contribution in [-0.2, 0) is 20.6 Å². The van der Waals surface area contributed by atoms with Crippen LogP contribution in [-0.4, -0.2) is 26.9 Å². The zero-order chi connectivity index (χ0) is 15.3. The van der Waals surface area contributed by atoms with Crippen LogP contribution in [0, 0.1) is 6.92 Å². The Morgan fingerprint density at radius 2 is 2.00 bits per heavy atom. The Morgan fingerprint density at radius 3 is 2.60 bits per heavy atom. The third-order valence-electron chi connectivity index (χ3n) is 2.63. The molecule has 7 heteroatoms. The van der Waals surface area contributed by atoms with Gasteiger partial charge in [0.1, 0.15) is 0 Å². The zero-order valence-corrected chi connectivity index (χ0v) is 13.3. The van der Waals surface area contributed by atoms with Gasteiger partial charge in [-0.2, -0.15) is 0 Å². The summed E-state index contributed by atoms with van der Waals surface area (Å²) in [5.41, 5.74) is 1.35. The smallest absolute Gasteiger partial charge is 0.235 e. The molecule has 0 radical (unpaired) electrons. The van der Waals surface area contributed by atoms with Crippen molar-refractivity contribution in [1.29, 1.82) is 0 Å². The van der Waals surface area contributed by atoms with Crippen molar-refractivity contribution in [3.05, 3.63) is 34.3 Å². The van der Waals surface area contributed by atoms with Gasteiger partial charge < -0.3 is 5.32 Å². The van der Waals surface area contributed by atoms with Crippen LogP contribution in [0.5, 0.6) is 0 Å². The number of sulfonamides is 1. The lowest BCUT2D eigenvalue weighted by molar-refractivity contribution is -0.120. The highest BCUT2D eigenvalue weighted by atomic mass is 35.5. The predicted octanol–water partition coefficient (Wildman–Crippen LogP) is 1.59. The molecule has 0 saturated carbocycles. The van der Waals surface area contributed by atoms with Gasteiger partial charge in [0.2, 0.25) is 15.9 Å². The van der Waals surface area contributed by atoms with Gasteiger partial charge in [0.25, 0.3) is 0 Å². The number of amides is 1. The van der Waals surface area contributed by atoms with Gasteiger partial charge in [0, 0.05) is 11.1 Å². The van der Waals surface area contributed by atoms with Crippen molar-refractivity contribution in [2.24, 2.45) is 0 Å². The molecule has 0 heterocycles. The molecule has 5 nitrogen and oxygen atoms in total. The second-order valence-electron chi connectivity index (χ2n) is 4.83. The van der Waals surface area contributed by atoms with E-state index in [1.54, 1.807) is 25.1 Å². The molecule has 1 amide bonds. The van der Waals surface area contributed by atoms with E-state index in [1.165, 1.54) is 0 Å². The Labute approximate surface area is 124 Å². The van der Waals surface area contributed by atoms with Gasteiger partial charge in [-0.3, -0.25) is 4.79 Å². The number of halogens is 1. The van der Waals surface area contributed by atoms with Crippen LogP contribution < -0.4 is 10.0 Å². The fraction of sp³-hybridized carbons (Fsp3) is 0.462. The fourth-order valence-corrected chi connectivity index (χ4v) is 2.98. The van der Waals surface area contributed by atoms with Gasteiger partial charge in [-0.25, -0.2) is 13.1 Å². The van der Waals surface area contributed by atoms with Crippen LogP contribution in [0.3, 0.4) is 0 Å². The molecule has 1 aromatic rings. The molecular weight excluding hydrogens is 300 g/mol. The molecule has 1 rings (SSSR count). The lowest BCUT2D eigenvalue weighted by atomic mass is 10.1. The van der Waals surface area contributed by atoms with Crippen LogP contribution >= 0.6 is 11.6 Å². The molecule has 0 aromatic heterocycles. The summed E-state index contributed by atoms with van der Waals surface area (Å²) in [5, 5.41) is 3.14. The van der Waals surface area contributed by atoms with E-state index in [-0.39, 0.29) is 24.2 Å². The average molecular weight is 319 g/mol. The summed E-state index contributed by atoms with van der Waals surface area (Å²) in [6, 6.07) is 5.08. The molecule has 2 N–H and O–H groups in total. The Morgan fingerprint density at radius 1 is 1.35 bits per heavy atom. The lowest BCUT2D eigenvalue weighted by Crippen LogP contribution is -2.40. The summed E-state index contributed by atoms with van der Waals surface area (Å²) in [7, 11) is -3.57. The van der Waals surface area contributed by atoms with Crippen LogP contribution in [0.15, 0.2) is 18.2 Å². The highest BCUT2D eigenvalue weighted by Gasteiger charge is 2.15. The number of hydrogen-bond acceptors (Lipinski definition) is 3. The Balaban J connectivity index is 2.66. The highest BCUT2D eigenvalue weighted by molar-refractivity contribution is 7.88. The molecule has 0 aliphatic carbocycles. The summed E-state index contributed by atoms with van der Waals surface area (Å²) in [4.78, 5) is 11.4. The number of rotatable bonds is 6. The number of nitrogens with one attached hydrogen (secondary N) is 2. The number of carbonyl (C=O) groups is 1. The van der Waals surface area contributed by atoms with E-state index in [2.05, 4.69) is 10.0 Å². The first kappa shape index (κ1) is 16.9.